The molecule has 0 radical (unpaired) electrons. The predicted octanol–water partition coefficient (Wildman–Crippen LogP) is 2.81. The molecule has 2 heteroatoms. The average molecular weight is 215 g/mol. The van der Waals surface area contributed by atoms with Gasteiger partial charge in [-0.2, -0.15) is 0 Å². The van der Waals surface area contributed by atoms with Crippen LogP contribution in [0.5, 0.6) is 0 Å². The number of hydrogen-bond acceptors (Lipinski definition) is 2. The van der Waals surface area contributed by atoms with Crippen molar-refractivity contribution in [2.45, 2.75) is 26.2 Å². The van der Waals surface area contributed by atoms with Crippen LogP contribution < -0.4 is 5.73 Å². The standard InChI is InChI=1S/C14H17NO/c1-8-7-9(15)5-6-10(8)14(16)13-11-3-2-4-12(11)13/h5-7,11-13H,2-4,15H2,1H3. The number of Topliss-reactive ketones (excluding diaryl/α,β-unsaturated/α-hetero) is 1. The molecule has 2 unspecified atom stereocenters. The minimum absolute atomic E-state index is 0.330. The van der Waals surface area contributed by atoms with Crippen molar-refractivity contribution in [3.05, 3.63) is 29.3 Å². The summed E-state index contributed by atoms with van der Waals surface area (Å²) in [5.41, 5.74) is 8.35. The van der Waals surface area contributed by atoms with Crippen molar-refractivity contribution in [2.24, 2.45) is 17.8 Å². The monoisotopic (exact) mass is 215 g/mol. The van der Waals surface area contributed by atoms with Crippen LogP contribution in [0.4, 0.5) is 5.69 Å². The molecule has 2 aliphatic rings. The van der Waals surface area contributed by atoms with Crippen LogP contribution in [-0.2, 0) is 0 Å². The van der Waals surface area contributed by atoms with Crippen molar-refractivity contribution in [1.29, 1.82) is 0 Å². The van der Waals surface area contributed by atoms with Crippen LogP contribution in [0, 0.1) is 24.7 Å². The molecular formula is C14H17NO. The Balaban J connectivity index is 1.85. The maximum absolute atomic E-state index is 12.3. The fraction of sp³-hybridized carbons (Fsp3) is 0.500. The summed E-state index contributed by atoms with van der Waals surface area (Å²) >= 11 is 0. The second-order valence-electron chi connectivity index (χ2n) is 5.22. The van der Waals surface area contributed by atoms with Crippen LogP contribution in [0.15, 0.2) is 18.2 Å². The maximum atomic E-state index is 12.3. The molecule has 0 saturated heterocycles. The fourth-order valence-electron chi connectivity index (χ4n) is 3.35. The summed E-state index contributed by atoms with van der Waals surface area (Å²) in [7, 11) is 0. The van der Waals surface area contributed by atoms with E-state index in [9.17, 15) is 4.79 Å². The van der Waals surface area contributed by atoms with Crippen molar-refractivity contribution in [2.75, 3.05) is 5.73 Å². The number of hydrogen-bond donors (Lipinski definition) is 1. The third kappa shape index (κ3) is 1.36. The molecule has 84 valence electrons. The molecule has 0 amide bonds. The third-order valence-corrected chi connectivity index (χ3v) is 4.23. The Morgan fingerprint density at radius 1 is 1.31 bits per heavy atom. The highest BCUT2D eigenvalue weighted by molar-refractivity contribution is 6.01. The molecule has 2 aliphatic carbocycles. The summed E-state index contributed by atoms with van der Waals surface area (Å²) in [4.78, 5) is 12.3. The molecule has 0 heterocycles. The molecule has 2 atom stereocenters. The van der Waals surface area contributed by atoms with E-state index in [0.717, 1.165) is 16.8 Å². The van der Waals surface area contributed by atoms with E-state index < -0.39 is 0 Å². The molecule has 2 saturated carbocycles. The number of anilines is 1. The number of carbonyl (C=O) groups excluding carboxylic acids is 1. The minimum atomic E-state index is 0.330. The van der Waals surface area contributed by atoms with Crippen LogP contribution in [0.1, 0.15) is 35.2 Å². The number of aryl methyl sites for hydroxylation is 1. The summed E-state index contributed by atoms with van der Waals surface area (Å²) < 4.78 is 0. The molecule has 2 fully saturated rings. The fourth-order valence-corrected chi connectivity index (χ4v) is 3.35. The molecule has 1 aromatic carbocycles. The first kappa shape index (κ1) is 9.88. The molecule has 16 heavy (non-hydrogen) atoms. The molecular weight excluding hydrogens is 198 g/mol. The number of ketones is 1. The van der Waals surface area contributed by atoms with Gasteiger partial charge in [-0.25, -0.2) is 0 Å². The number of nitrogens with two attached hydrogens (primary N) is 1. The Kier molecular flexibility index (Phi) is 2.06. The van der Waals surface area contributed by atoms with Gasteiger partial charge in [0.05, 0.1) is 0 Å². The van der Waals surface area contributed by atoms with Crippen molar-refractivity contribution >= 4 is 11.5 Å². The normalized spacial score (nSPS) is 31.2. The van der Waals surface area contributed by atoms with Gasteiger partial charge in [0.2, 0.25) is 0 Å². The first-order valence-corrected chi connectivity index (χ1v) is 6.09. The Morgan fingerprint density at radius 2 is 2.00 bits per heavy atom. The summed E-state index contributed by atoms with van der Waals surface area (Å²) in [6, 6.07) is 5.62. The SMILES string of the molecule is Cc1cc(N)ccc1C(=O)C1C2CCCC21. The van der Waals surface area contributed by atoms with E-state index in [0.29, 0.717) is 23.5 Å². The molecule has 2 N–H and O–H groups in total. The Hall–Kier alpha value is -1.31. The lowest BCUT2D eigenvalue weighted by molar-refractivity contribution is 0.0951. The highest BCUT2D eigenvalue weighted by Gasteiger charge is 2.56. The van der Waals surface area contributed by atoms with Gasteiger partial charge < -0.3 is 5.73 Å². The Morgan fingerprint density at radius 3 is 2.62 bits per heavy atom. The average Bonchev–Trinajstić information content (AvgIpc) is 2.71. The predicted molar refractivity (Wildman–Crippen MR) is 64.2 cm³/mol. The molecule has 2 nitrogen and oxygen atoms in total. The van der Waals surface area contributed by atoms with Gasteiger partial charge in [0, 0.05) is 17.2 Å². The molecule has 0 aliphatic heterocycles. The number of nitrogen functional groups attached to an aromatic ring is 1. The zero-order valence-electron chi connectivity index (χ0n) is 9.57. The Labute approximate surface area is 95.8 Å². The summed E-state index contributed by atoms with van der Waals surface area (Å²) in [5.74, 6) is 2.08. The van der Waals surface area contributed by atoms with Crippen molar-refractivity contribution in [3.63, 3.8) is 0 Å². The van der Waals surface area contributed by atoms with Gasteiger partial charge in [0.25, 0.3) is 0 Å². The van der Waals surface area contributed by atoms with Crippen LogP contribution in [-0.4, -0.2) is 5.78 Å². The lowest BCUT2D eigenvalue weighted by atomic mass is 9.97. The van der Waals surface area contributed by atoms with Gasteiger partial charge >= 0.3 is 0 Å². The smallest absolute Gasteiger partial charge is 0.166 e. The van der Waals surface area contributed by atoms with E-state index in [1.54, 1.807) is 0 Å². The molecule has 0 aromatic heterocycles. The lowest BCUT2D eigenvalue weighted by Gasteiger charge is -2.07. The van der Waals surface area contributed by atoms with Crippen molar-refractivity contribution < 1.29 is 4.79 Å². The quantitative estimate of drug-likeness (QED) is 0.609. The summed E-state index contributed by atoms with van der Waals surface area (Å²) in [6.45, 7) is 1.97. The largest absolute Gasteiger partial charge is 0.399 e. The van der Waals surface area contributed by atoms with Crippen LogP contribution in [0.2, 0.25) is 0 Å². The van der Waals surface area contributed by atoms with Gasteiger partial charge in [-0.1, -0.05) is 6.42 Å². The number of rotatable bonds is 2. The first-order valence-electron chi connectivity index (χ1n) is 6.09. The van der Waals surface area contributed by atoms with Gasteiger partial charge in [-0.05, 0) is 55.4 Å². The summed E-state index contributed by atoms with van der Waals surface area (Å²) in [6.07, 6.45) is 3.84. The van der Waals surface area contributed by atoms with E-state index >= 15 is 0 Å². The topological polar surface area (TPSA) is 43.1 Å². The number of fused-ring (bicyclic) bond motifs is 1. The van der Waals surface area contributed by atoms with E-state index in [1.807, 2.05) is 25.1 Å². The van der Waals surface area contributed by atoms with Gasteiger partial charge in [-0.3, -0.25) is 4.79 Å². The second-order valence-corrected chi connectivity index (χ2v) is 5.22. The molecule has 1 aromatic rings. The Bertz CT molecular complexity index is 442. The maximum Gasteiger partial charge on any atom is 0.166 e. The van der Waals surface area contributed by atoms with Crippen LogP contribution in [0.25, 0.3) is 0 Å². The zero-order valence-corrected chi connectivity index (χ0v) is 9.57. The first-order chi connectivity index (χ1) is 7.68. The molecule has 0 bridgehead atoms. The van der Waals surface area contributed by atoms with Crippen LogP contribution in [0.3, 0.4) is 0 Å². The number of carbonyl (C=O) groups is 1. The lowest BCUT2D eigenvalue weighted by Crippen LogP contribution is -2.08. The zero-order chi connectivity index (χ0) is 11.3. The van der Waals surface area contributed by atoms with E-state index in [-0.39, 0.29) is 0 Å². The third-order valence-electron chi connectivity index (χ3n) is 4.23. The number of benzene rings is 1. The highest BCUT2D eigenvalue weighted by atomic mass is 16.1. The van der Waals surface area contributed by atoms with E-state index in [2.05, 4.69) is 0 Å². The molecule has 0 spiro atoms. The highest BCUT2D eigenvalue weighted by Crippen LogP contribution is 2.58. The van der Waals surface area contributed by atoms with Crippen molar-refractivity contribution in [1.82, 2.24) is 0 Å². The van der Waals surface area contributed by atoms with Crippen LogP contribution >= 0.6 is 0 Å². The van der Waals surface area contributed by atoms with E-state index in [1.165, 1.54) is 19.3 Å². The van der Waals surface area contributed by atoms with Crippen molar-refractivity contribution in [3.8, 4) is 0 Å². The van der Waals surface area contributed by atoms with Gasteiger partial charge in [-0.15, -0.1) is 0 Å². The van der Waals surface area contributed by atoms with E-state index in [4.69, 9.17) is 5.73 Å². The minimum Gasteiger partial charge on any atom is -0.399 e. The van der Waals surface area contributed by atoms with Gasteiger partial charge in [0.15, 0.2) is 5.78 Å². The molecule has 3 rings (SSSR count). The summed E-state index contributed by atoms with van der Waals surface area (Å²) in [5, 5.41) is 0. The van der Waals surface area contributed by atoms with Gasteiger partial charge in [0.1, 0.15) is 0 Å². The second kappa shape index (κ2) is 3.34.